The Balaban J connectivity index is 4.31. The molecule has 0 saturated heterocycles. The van der Waals surface area contributed by atoms with Crippen LogP contribution in [0.4, 0.5) is 0 Å². The number of aliphatic imine (C=N–C) groups is 1. The van der Waals surface area contributed by atoms with Crippen LogP contribution < -0.4 is 0 Å². The van der Waals surface area contributed by atoms with Gasteiger partial charge in [-0.05, 0) is 23.8 Å². The summed E-state index contributed by atoms with van der Waals surface area (Å²) in [6.45, 7) is 12.5. The number of nitrogens with zero attached hydrogens (tertiary/aromatic N) is 1. The number of hydrogen-bond donors (Lipinski definition) is 0. The normalized spacial score (nSPS) is 13.2. The molecule has 0 spiro atoms. The van der Waals surface area contributed by atoms with Crippen molar-refractivity contribution in [3.05, 3.63) is 24.4 Å². The van der Waals surface area contributed by atoms with Gasteiger partial charge in [-0.2, -0.15) is 0 Å². The fourth-order valence-corrected chi connectivity index (χ4v) is 1.11. The highest BCUT2D eigenvalue weighted by molar-refractivity contribution is 5.70. The molecule has 0 aromatic heterocycles. The molecular formula is C12H21N. The number of rotatable bonds is 5. The minimum atomic E-state index is 0.587. The van der Waals surface area contributed by atoms with Crippen LogP contribution in [0.3, 0.4) is 0 Å². The molecule has 0 unspecified atom stereocenters. The Morgan fingerprint density at radius 1 is 1.31 bits per heavy atom. The summed E-state index contributed by atoms with van der Waals surface area (Å²) in [7, 11) is 0. The SMILES string of the molecule is C=CC=N/C=C(\CC(C)C)C(C)C. The van der Waals surface area contributed by atoms with E-state index in [0.29, 0.717) is 11.8 Å². The molecule has 74 valence electrons. The van der Waals surface area contributed by atoms with E-state index in [0.717, 1.165) is 6.42 Å². The summed E-state index contributed by atoms with van der Waals surface area (Å²) in [5.41, 5.74) is 1.41. The van der Waals surface area contributed by atoms with Crippen molar-refractivity contribution in [1.29, 1.82) is 0 Å². The lowest BCUT2D eigenvalue weighted by molar-refractivity contribution is 0.586. The number of hydrogen-bond acceptors (Lipinski definition) is 1. The van der Waals surface area contributed by atoms with Crippen molar-refractivity contribution in [3.63, 3.8) is 0 Å². The first-order valence-corrected chi connectivity index (χ1v) is 4.91. The Morgan fingerprint density at radius 2 is 1.92 bits per heavy atom. The monoisotopic (exact) mass is 179 g/mol. The third-order valence-electron chi connectivity index (χ3n) is 1.82. The van der Waals surface area contributed by atoms with Gasteiger partial charge < -0.3 is 0 Å². The van der Waals surface area contributed by atoms with Crippen LogP contribution >= 0.6 is 0 Å². The van der Waals surface area contributed by atoms with E-state index in [9.17, 15) is 0 Å². The molecule has 0 saturated carbocycles. The molecule has 0 rings (SSSR count). The second-order valence-electron chi connectivity index (χ2n) is 3.99. The first kappa shape index (κ1) is 12.2. The summed E-state index contributed by atoms with van der Waals surface area (Å²) in [5, 5.41) is 0. The van der Waals surface area contributed by atoms with E-state index in [1.165, 1.54) is 5.57 Å². The van der Waals surface area contributed by atoms with Crippen LogP contribution in [-0.4, -0.2) is 6.21 Å². The lowest BCUT2D eigenvalue weighted by Gasteiger charge is -2.12. The van der Waals surface area contributed by atoms with Gasteiger partial charge in [-0.25, -0.2) is 0 Å². The molecule has 0 amide bonds. The zero-order valence-electron chi connectivity index (χ0n) is 9.25. The summed E-state index contributed by atoms with van der Waals surface area (Å²) < 4.78 is 0. The Bertz CT molecular complexity index is 197. The van der Waals surface area contributed by atoms with Crippen molar-refractivity contribution in [2.45, 2.75) is 34.1 Å². The van der Waals surface area contributed by atoms with Crippen molar-refractivity contribution < 1.29 is 0 Å². The van der Waals surface area contributed by atoms with Gasteiger partial charge in [0.15, 0.2) is 0 Å². The fraction of sp³-hybridized carbons (Fsp3) is 0.583. The molecule has 0 fully saturated rings. The van der Waals surface area contributed by atoms with Crippen LogP contribution in [0.2, 0.25) is 0 Å². The summed E-state index contributed by atoms with van der Waals surface area (Å²) in [6, 6.07) is 0. The Labute approximate surface area is 82.3 Å². The van der Waals surface area contributed by atoms with Crippen molar-refractivity contribution in [2.75, 3.05) is 0 Å². The van der Waals surface area contributed by atoms with Gasteiger partial charge in [0.1, 0.15) is 0 Å². The lowest BCUT2D eigenvalue weighted by Crippen LogP contribution is -1.98. The van der Waals surface area contributed by atoms with Gasteiger partial charge in [-0.1, -0.05) is 40.3 Å². The molecule has 0 atom stereocenters. The first-order valence-electron chi connectivity index (χ1n) is 4.91. The predicted octanol–water partition coefficient (Wildman–Crippen LogP) is 3.83. The lowest BCUT2D eigenvalue weighted by atomic mass is 9.95. The van der Waals surface area contributed by atoms with Crippen molar-refractivity contribution in [3.8, 4) is 0 Å². The van der Waals surface area contributed by atoms with Gasteiger partial charge in [-0.15, -0.1) is 0 Å². The summed E-state index contributed by atoms with van der Waals surface area (Å²) in [5.74, 6) is 1.29. The second kappa shape index (κ2) is 6.64. The molecule has 13 heavy (non-hydrogen) atoms. The Hall–Kier alpha value is -0.850. The van der Waals surface area contributed by atoms with Crippen LogP contribution in [0, 0.1) is 11.8 Å². The molecular weight excluding hydrogens is 158 g/mol. The Kier molecular flexibility index (Phi) is 6.21. The Morgan fingerprint density at radius 3 is 2.31 bits per heavy atom. The highest BCUT2D eigenvalue weighted by atomic mass is 14.7. The fourth-order valence-electron chi connectivity index (χ4n) is 1.11. The predicted molar refractivity (Wildman–Crippen MR) is 61.1 cm³/mol. The highest BCUT2D eigenvalue weighted by Gasteiger charge is 2.04. The van der Waals surface area contributed by atoms with E-state index >= 15 is 0 Å². The van der Waals surface area contributed by atoms with E-state index in [1.807, 2.05) is 6.20 Å². The van der Waals surface area contributed by atoms with Gasteiger partial charge in [-0.3, -0.25) is 4.99 Å². The average Bonchev–Trinajstić information content (AvgIpc) is 2.02. The van der Waals surface area contributed by atoms with Crippen LogP contribution in [0.5, 0.6) is 0 Å². The molecule has 0 aliphatic carbocycles. The maximum absolute atomic E-state index is 4.16. The van der Waals surface area contributed by atoms with Crippen molar-refractivity contribution in [2.24, 2.45) is 16.8 Å². The smallest absolute Gasteiger partial charge is 0.0262 e. The van der Waals surface area contributed by atoms with Crippen LogP contribution in [0.15, 0.2) is 29.4 Å². The molecule has 0 bridgehead atoms. The average molecular weight is 179 g/mol. The quantitative estimate of drug-likeness (QED) is 0.569. The molecule has 0 heterocycles. The summed E-state index contributed by atoms with van der Waals surface area (Å²) >= 11 is 0. The first-order chi connectivity index (χ1) is 6.07. The largest absolute Gasteiger partial charge is 0.265 e. The molecule has 0 radical (unpaired) electrons. The maximum atomic E-state index is 4.16. The molecule has 0 aliphatic rings. The molecule has 0 aromatic carbocycles. The van der Waals surface area contributed by atoms with Gasteiger partial charge in [0.2, 0.25) is 0 Å². The topological polar surface area (TPSA) is 12.4 Å². The van der Waals surface area contributed by atoms with E-state index in [2.05, 4.69) is 39.3 Å². The minimum absolute atomic E-state index is 0.587. The summed E-state index contributed by atoms with van der Waals surface area (Å²) in [4.78, 5) is 4.16. The third kappa shape index (κ3) is 6.32. The third-order valence-corrected chi connectivity index (χ3v) is 1.82. The summed E-state index contributed by atoms with van der Waals surface area (Å²) in [6.07, 6.45) is 6.52. The molecule has 0 aromatic rings. The van der Waals surface area contributed by atoms with Crippen molar-refractivity contribution >= 4 is 6.21 Å². The maximum Gasteiger partial charge on any atom is 0.0262 e. The minimum Gasteiger partial charge on any atom is -0.265 e. The molecule has 1 nitrogen and oxygen atoms in total. The van der Waals surface area contributed by atoms with Crippen molar-refractivity contribution in [1.82, 2.24) is 0 Å². The second-order valence-corrected chi connectivity index (χ2v) is 3.99. The van der Waals surface area contributed by atoms with E-state index in [-0.39, 0.29) is 0 Å². The molecule has 1 heteroatoms. The highest BCUT2D eigenvalue weighted by Crippen LogP contribution is 2.18. The van der Waals surface area contributed by atoms with Crippen LogP contribution in [0.1, 0.15) is 34.1 Å². The van der Waals surface area contributed by atoms with E-state index < -0.39 is 0 Å². The van der Waals surface area contributed by atoms with E-state index in [4.69, 9.17) is 0 Å². The molecule has 0 aliphatic heterocycles. The van der Waals surface area contributed by atoms with Gasteiger partial charge in [0, 0.05) is 12.4 Å². The number of allylic oxidation sites excluding steroid dienone is 2. The van der Waals surface area contributed by atoms with Gasteiger partial charge in [0.05, 0.1) is 0 Å². The van der Waals surface area contributed by atoms with Crippen LogP contribution in [-0.2, 0) is 0 Å². The van der Waals surface area contributed by atoms with Gasteiger partial charge in [0.25, 0.3) is 0 Å². The van der Waals surface area contributed by atoms with E-state index in [1.54, 1.807) is 12.3 Å². The molecule has 0 N–H and O–H groups in total. The van der Waals surface area contributed by atoms with Gasteiger partial charge >= 0.3 is 0 Å². The zero-order valence-corrected chi connectivity index (χ0v) is 9.25. The van der Waals surface area contributed by atoms with Crippen LogP contribution in [0.25, 0.3) is 0 Å². The standard InChI is InChI=1S/C12H21N/c1-6-7-13-9-12(11(4)5)8-10(2)3/h6-7,9-11H,1,8H2,2-5H3/b12-9+,13-7?. The zero-order chi connectivity index (χ0) is 10.3.